The quantitative estimate of drug-likeness (QED) is 0.570. The Morgan fingerprint density at radius 3 is 2.47 bits per heavy atom. The minimum absolute atomic E-state index is 0.240. The Balaban J connectivity index is 1.88. The molecule has 0 spiro atoms. The standard InChI is InChI=1S/C23H29ClN2O4/c1-5-15(3)18-9-7-8-10-21(18)30-20(6-2)23(28)26-25-22(27)14-29-17-11-12-19(24)16(4)13-17/h7-13,15,20H,5-6,14H2,1-4H3,(H,25,27)(H,26,28). The predicted molar refractivity (Wildman–Crippen MR) is 118 cm³/mol. The van der Waals surface area contributed by atoms with Gasteiger partial charge in [0.15, 0.2) is 12.7 Å². The number of rotatable bonds is 9. The van der Waals surface area contributed by atoms with Crippen LogP contribution in [0.2, 0.25) is 5.02 Å². The predicted octanol–water partition coefficient (Wildman–Crippen LogP) is 4.55. The molecular formula is C23H29ClN2O4. The van der Waals surface area contributed by atoms with E-state index in [1.807, 2.05) is 38.1 Å². The van der Waals surface area contributed by atoms with Crippen molar-refractivity contribution in [2.75, 3.05) is 6.61 Å². The summed E-state index contributed by atoms with van der Waals surface area (Å²) in [4.78, 5) is 24.5. The maximum atomic E-state index is 12.5. The first-order valence-electron chi connectivity index (χ1n) is 10.1. The lowest BCUT2D eigenvalue weighted by Gasteiger charge is -2.21. The van der Waals surface area contributed by atoms with Gasteiger partial charge in [-0.15, -0.1) is 0 Å². The van der Waals surface area contributed by atoms with Crippen LogP contribution in [0.3, 0.4) is 0 Å². The molecule has 0 aliphatic heterocycles. The lowest BCUT2D eigenvalue weighted by Crippen LogP contribution is -2.49. The van der Waals surface area contributed by atoms with Crippen molar-refractivity contribution in [3.05, 3.63) is 58.6 Å². The number of hydrogen-bond donors (Lipinski definition) is 2. The number of carbonyl (C=O) groups is 2. The first-order valence-corrected chi connectivity index (χ1v) is 10.5. The molecule has 0 radical (unpaired) electrons. The molecule has 2 unspecified atom stereocenters. The van der Waals surface area contributed by atoms with Gasteiger partial charge in [-0.1, -0.05) is 50.6 Å². The first kappa shape index (κ1) is 23.5. The number of hydrazine groups is 1. The monoisotopic (exact) mass is 432 g/mol. The smallest absolute Gasteiger partial charge is 0.279 e. The van der Waals surface area contributed by atoms with Gasteiger partial charge in [-0.2, -0.15) is 0 Å². The van der Waals surface area contributed by atoms with Gasteiger partial charge in [-0.05, 0) is 61.1 Å². The van der Waals surface area contributed by atoms with E-state index in [4.69, 9.17) is 21.1 Å². The van der Waals surface area contributed by atoms with E-state index in [-0.39, 0.29) is 6.61 Å². The molecule has 6 nitrogen and oxygen atoms in total. The molecular weight excluding hydrogens is 404 g/mol. The van der Waals surface area contributed by atoms with Gasteiger partial charge in [0.25, 0.3) is 11.8 Å². The molecule has 2 rings (SSSR count). The third kappa shape index (κ3) is 6.66. The summed E-state index contributed by atoms with van der Waals surface area (Å²) in [6.07, 6.45) is 0.694. The highest BCUT2D eigenvalue weighted by Crippen LogP contribution is 2.29. The van der Waals surface area contributed by atoms with Gasteiger partial charge >= 0.3 is 0 Å². The van der Waals surface area contributed by atoms with E-state index in [9.17, 15) is 9.59 Å². The zero-order chi connectivity index (χ0) is 22.1. The van der Waals surface area contributed by atoms with Crippen LogP contribution in [0.1, 0.15) is 50.7 Å². The molecule has 30 heavy (non-hydrogen) atoms. The molecule has 0 aromatic heterocycles. The van der Waals surface area contributed by atoms with E-state index in [0.29, 0.717) is 28.9 Å². The van der Waals surface area contributed by atoms with Gasteiger partial charge < -0.3 is 9.47 Å². The number of halogens is 1. The Morgan fingerprint density at radius 2 is 1.80 bits per heavy atom. The highest BCUT2D eigenvalue weighted by atomic mass is 35.5. The molecule has 0 saturated heterocycles. The Labute approximate surface area is 182 Å². The summed E-state index contributed by atoms with van der Waals surface area (Å²) in [6, 6.07) is 12.8. The van der Waals surface area contributed by atoms with E-state index in [1.165, 1.54) is 0 Å². The zero-order valence-electron chi connectivity index (χ0n) is 17.8. The van der Waals surface area contributed by atoms with Crippen LogP contribution in [-0.4, -0.2) is 24.5 Å². The van der Waals surface area contributed by atoms with Crippen molar-refractivity contribution in [1.82, 2.24) is 10.9 Å². The number of ether oxygens (including phenoxy) is 2. The van der Waals surface area contributed by atoms with Crippen LogP contribution in [0.15, 0.2) is 42.5 Å². The van der Waals surface area contributed by atoms with Gasteiger partial charge in [0.2, 0.25) is 0 Å². The number of benzene rings is 2. The summed E-state index contributed by atoms with van der Waals surface area (Å²) < 4.78 is 11.4. The Morgan fingerprint density at radius 1 is 1.07 bits per heavy atom. The molecule has 2 N–H and O–H groups in total. The van der Waals surface area contributed by atoms with Gasteiger partial charge in [-0.3, -0.25) is 20.4 Å². The van der Waals surface area contributed by atoms with E-state index in [2.05, 4.69) is 24.7 Å². The Bertz CT molecular complexity index is 872. The number of hydrogen-bond acceptors (Lipinski definition) is 4. The van der Waals surface area contributed by atoms with Gasteiger partial charge in [-0.25, -0.2) is 0 Å². The summed E-state index contributed by atoms with van der Waals surface area (Å²) >= 11 is 5.97. The zero-order valence-corrected chi connectivity index (χ0v) is 18.6. The summed E-state index contributed by atoms with van der Waals surface area (Å²) in [5.41, 5.74) is 6.67. The van der Waals surface area contributed by atoms with E-state index in [1.54, 1.807) is 18.2 Å². The lowest BCUT2D eigenvalue weighted by atomic mass is 9.98. The minimum Gasteiger partial charge on any atom is -0.484 e. The second-order valence-corrected chi connectivity index (χ2v) is 7.51. The minimum atomic E-state index is -0.727. The topological polar surface area (TPSA) is 76.7 Å². The molecule has 0 bridgehead atoms. The maximum Gasteiger partial charge on any atom is 0.279 e. The average molecular weight is 433 g/mol. The second kappa shape index (κ2) is 11.5. The van der Waals surface area contributed by atoms with Crippen LogP contribution >= 0.6 is 11.6 Å². The second-order valence-electron chi connectivity index (χ2n) is 7.10. The lowest BCUT2D eigenvalue weighted by molar-refractivity contribution is -0.134. The van der Waals surface area contributed by atoms with Crippen molar-refractivity contribution >= 4 is 23.4 Å². The summed E-state index contributed by atoms with van der Waals surface area (Å²) in [5, 5.41) is 0.625. The summed E-state index contributed by atoms with van der Waals surface area (Å²) in [6.45, 7) is 7.68. The largest absolute Gasteiger partial charge is 0.484 e. The molecule has 2 aromatic rings. The molecule has 162 valence electrons. The normalized spacial score (nSPS) is 12.6. The number of amides is 2. The van der Waals surface area contributed by atoms with Crippen molar-refractivity contribution in [1.29, 1.82) is 0 Å². The SMILES string of the molecule is CCC(Oc1ccccc1C(C)CC)C(=O)NNC(=O)COc1ccc(Cl)c(C)c1. The highest BCUT2D eigenvalue weighted by molar-refractivity contribution is 6.31. The Hall–Kier alpha value is -2.73. The van der Waals surface area contributed by atoms with Crippen molar-refractivity contribution in [2.45, 2.75) is 52.6 Å². The molecule has 2 atom stereocenters. The van der Waals surface area contributed by atoms with Crippen molar-refractivity contribution in [3.63, 3.8) is 0 Å². The van der Waals surface area contributed by atoms with E-state index in [0.717, 1.165) is 17.5 Å². The van der Waals surface area contributed by atoms with Gasteiger partial charge in [0.1, 0.15) is 11.5 Å². The highest BCUT2D eigenvalue weighted by Gasteiger charge is 2.21. The molecule has 0 fully saturated rings. The molecule has 0 aliphatic rings. The first-order chi connectivity index (χ1) is 14.3. The van der Waals surface area contributed by atoms with Crippen LogP contribution in [0, 0.1) is 6.92 Å². The summed E-state index contributed by atoms with van der Waals surface area (Å²) in [5.74, 6) is 0.615. The third-order valence-electron chi connectivity index (χ3n) is 4.82. The molecule has 0 heterocycles. The number of carbonyl (C=O) groups excluding carboxylic acids is 2. The average Bonchev–Trinajstić information content (AvgIpc) is 2.76. The molecule has 2 amide bonds. The molecule has 2 aromatic carbocycles. The third-order valence-corrected chi connectivity index (χ3v) is 5.24. The van der Waals surface area contributed by atoms with Crippen LogP contribution in [-0.2, 0) is 9.59 Å². The number of para-hydroxylation sites is 1. The molecule has 7 heteroatoms. The van der Waals surface area contributed by atoms with Crippen LogP contribution < -0.4 is 20.3 Å². The summed E-state index contributed by atoms with van der Waals surface area (Å²) in [7, 11) is 0. The van der Waals surface area contributed by atoms with Crippen molar-refractivity contribution < 1.29 is 19.1 Å². The fourth-order valence-electron chi connectivity index (χ4n) is 2.79. The number of aryl methyl sites for hydroxylation is 1. The fraction of sp³-hybridized carbons (Fsp3) is 0.391. The van der Waals surface area contributed by atoms with Crippen LogP contribution in [0.25, 0.3) is 0 Å². The van der Waals surface area contributed by atoms with Crippen molar-refractivity contribution in [2.24, 2.45) is 0 Å². The van der Waals surface area contributed by atoms with Crippen molar-refractivity contribution in [3.8, 4) is 11.5 Å². The Kier molecular flexibility index (Phi) is 8.99. The van der Waals surface area contributed by atoms with Gasteiger partial charge in [0.05, 0.1) is 0 Å². The fourth-order valence-corrected chi connectivity index (χ4v) is 2.91. The maximum absolute atomic E-state index is 12.5. The van der Waals surface area contributed by atoms with E-state index < -0.39 is 17.9 Å². The number of nitrogens with one attached hydrogen (secondary N) is 2. The van der Waals surface area contributed by atoms with Crippen LogP contribution in [0.4, 0.5) is 0 Å². The molecule has 0 aliphatic carbocycles. The van der Waals surface area contributed by atoms with Crippen LogP contribution in [0.5, 0.6) is 11.5 Å². The molecule has 0 saturated carbocycles. The van der Waals surface area contributed by atoms with E-state index >= 15 is 0 Å². The van der Waals surface area contributed by atoms with Gasteiger partial charge in [0, 0.05) is 5.02 Å².